The molecule has 0 aliphatic carbocycles. The molecule has 0 spiro atoms. The topological polar surface area (TPSA) is 64.7 Å². The van der Waals surface area contributed by atoms with E-state index in [1.165, 1.54) is 0 Å². The lowest BCUT2D eigenvalue weighted by Crippen LogP contribution is -2.23. The van der Waals surface area contributed by atoms with Gasteiger partial charge in [-0.2, -0.15) is 10.2 Å². The van der Waals surface area contributed by atoms with E-state index in [2.05, 4.69) is 15.5 Å². The molecular formula is C15H21N5O. The van der Waals surface area contributed by atoms with Crippen LogP contribution >= 0.6 is 0 Å². The lowest BCUT2D eigenvalue weighted by Gasteiger charge is -2.02. The Morgan fingerprint density at radius 1 is 1.43 bits per heavy atom. The third-order valence-electron chi connectivity index (χ3n) is 3.39. The Balaban J connectivity index is 1.77. The molecule has 0 aliphatic heterocycles. The number of hydrogen-bond donors (Lipinski definition) is 1. The lowest BCUT2D eigenvalue weighted by molar-refractivity contribution is -0.116. The number of amides is 1. The van der Waals surface area contributed by atoms with Crippen LogP contribution in [0, 0.1) is 13.8 Å². The molecule has 0 unspecified atom stereocenters. The highest BCUT2D eigenvalue weighted by Gasteiger charge is 2.06. The molecule has 0 atom stereocenters. The summed E-state index contributed by atoms with van der Waals surface area (Å²) >= 11 is 0. The molecular weight excluding hydrogens is 266 g/mol. The maximum Gasteiger partial charge on any atom is 0.244 e. The quantitative estimate of drug-likeness (QED) is 0.646. The average molecular weight is 287 g/mol. The molecule has 21 heavy (non-hydrogen) atoms. The summed E-state index contributed by atoms with van der Waals surface area (Å²) in [5, 5.41) is 11.3. The Morgan fingerprint density at radius 2 is 2.24 bits per heavy atom. The Hall–Kier alpha value is -2.37. The summed E-state index contributed by atoms with van der Waals surface area (Å²) in [6.07, 6.45) is 7.90. The molecule has 112 valence electrons. The molecule has 2 rings (SSSR count). The van der Waals surface area contributed by atoms with Crippen molar-refractivity contribution in [1.29, 1.82) is 0 Å². The number of aryl methyl sites for hydroxylation is 3. The SMILES string of the molecule is Cc1nn(C)c(C)c1C=CC(=O)NCCCn1cccn1. The number of nitrogens with zero attached hydrogens (tertiary/aromatic N) is 4. The van der Waals surface area contributed by atoms with E-state index in [0.29, 0.717) is 6.54 Å². The summed E-state index contributed by atoms with van der Waals surface area (Å²) in [6.45, 7) is 5.36. The van der Waals surface area contributed by atoms with E-state index in [-0.39, 0.29) is 5.91 Å². The zero-order valence-electron chi connectivity index (χ0n) is 12.7. The highest BCUT2D eigenvalue weighted by atomic mass is 16.1. The summed E-state index contributed by atoms with van der Waals surface area (Å²) in [6, 6.07) is 1.89. The maximum atomic E-state index is 11.8. The number of rotatable bonds is 6. The van der Waals surface area contributed by atoms with Gasteiger partial charge in [-0.1, -0.05) is 0 Å². The molecule has 0 saturated heterocycles. The van der Waals surface area contributed by atoms with Crippen molar-refractivity contribution in [2.75, 3.05) is 6.54 Å². The third kappa shape index (κ3) is 4.05. The first kappa shape index (κ1) is 15.0. The first-order chi connectivity index (χ1) is 10.1. The van der Waals surface area contributed by atoms with Crippen LogP contribution in [0.3, 0.4) is 0 Å². The largest absolute Gasteiger partial charge is 0.352 e. The molecule has 1 amide bonds. The second-order valence-corrected chi connectivity index (χ2v) is 4.96. The van der Waals surface area contributed by atoms with Gasteiger partial charge in [0.15, 0.2) is 0 Å². The van der Waals surface area contributed by atoms with Crippen LogP contribution in [0.1, 0.15) is 23.4 Å². The van der Waals surface area contributed by atoms with Crippen molar-refractivity contribution in [3.8, 4) is 0 Å². The van der Waals surface area contributed by atoms with Crippen molar-refractivity contribution in [3.63, 3.8) is 0 Å². The Kier molecular flexibility index (Phi) is 4.92. The average Bonchev–Trinajstić information content (AvgIpc) is 3.03. The van der Waals surface area contributed by atoms with Gasteiger partial charge in [0.1, 0.15) is 0 Å². The van der Waals surface area contributed by atoms with Gasteiger partial charge < -0.3 is 5.32 Å². The van der Waals surface area contributed by atoms with Gasteiger partial charge in [0.2, 0.25) is 5.91 Å². The summed E-state index contributed by atoms with van der Waals surface area (Å²) < 4.78 is 3.67. The molecule has 0 aromatic carbocycles. The van der Waals surface area contributed by atoms with Gasteiger partial charge in [0.25, 0.3) is 0 Å². The van der Waals surface area contributed by atoms with Gasteiger partial charge in [0.05, 0.1) is 5.69 Å². The molecule has 2 aromatic rings. The smallest absolute Gasteiger partial charge is 0.244 e. The van der Waals surface area contributed by atoms with Crippen LogP contribution < -0.4 is 5.32 Å². The summed E-state index contributed by atoms with van der Waals surface area (Å²) in [5.74, 6) is -0.0851. The Morgan fingerprint density at radius 3 is 2.86 bits per heavy atom. The number of hydrogen-bond acceptors (Lipinski definition) is 3. The summed E-state index contributed by atoms with van der Waals surface area (Å²) in [7, 11) is 1.90. The minimum absolute atomic E-state index is 0.0851. The predicted octanol–water partition coefficient (Wildman–Crippen LogP) is 1.45. The second kappa shape index (κ2) is 6.88. The zero-order valence-corrected chi connectivity index (χ0v) is 12.7. The van der Waals surface area contributed by atoms with Crippen LogP contribution in [0.4, 0.5) is 0 Å². The van der Waals surface area contributed by atoms with Crippen LogP contribution in [0.25, 0.3) is 6.08 Å². The monoisotopic (exact) mass is 287 g/mol. The zero-order chi connectivity index (χ0) is 15.2. The highest BCUT2D eigenvalue weighted by Crippen LogP contribution is 2.13. The van der Waals surface area contributed by atoms with E-state index in [9.17, 15) is 4.79 Å². The second-order valence-electron chi connectivity index (χ2n) is 4.96. The van der Waals surface area contributed by atoms with E-state index < -0.39 is 0 Å². The molecule has 6 heteroatoms. The number of carbonyl (C=O) groups is 1. The molecule has 0 fully saturated rings. The molecule has 1 N–H and O–H groups in total. The van der Waals surface area contributed by atoms with E-state index in [1.807, 2.05) is 48.6 Å². The number of carbonyl (C=O) groups excluding carboxylic acids is 1. The van der Waals surface area contributed by atoms with Crippen molar-refractivity contribution in [3.05, 3.63) is 41.5 Å². The summed E-state index contributed by atoms with van der Waals surface area (Å²) in [5.41, 5.74) is 2.98. The first-order valence-electron chi connectivity index (χ1n) is 7.01. The van der Waals surface area contributed by atoms with E-state index in [4.69, 9.17) is 0 Å². The summed E-state index contributed by atoms with van der Waals surface area (Å²) in [4.78, 5) is 11.8. The maximum absolute atomic E-state index is 11.8. The minimum Gasteiger partial charge on any atom is -0.352 e. The molecule has 2 heterocycles. The van der Waals surface area contributed by atoms with E-state index in [1.54, 1.807) is 12.3 Å². The Bertz CT molecular complexity index is 625. The Labute approximate surface area is 124 Å². The number of aromatic nitrogens is 4. The minimum atomic E-state index is -0.0851. The van der Waals surface area contributed by atoms with Crippen LogP contribution in [-0.4, -0.2) is 32.0 Å². The van der Waals surface area contributed by atoms with Crippen LogP contribution in [0.2, 0.25) is 0 Å². The third-order valence-corrected chi connectivity index (χ3v) is 3.39. The molecule has 0 bridgehead atoms. The van der Waals surface area contributed by atoms with Gasteiger partial charge in [-0.15, -0.1) is 0 Å². The van der Waals surface area contributed by atoms with Gasteiger partial charge in [-0.3, -0.25) is 14.2 Å². The standard InChI is InChI=1S/C15H21N5O/c1-12-14(13(2)19(3)18-12)6-7-15(21)16-8-4-10-20-11-5-9-17-20/h5-7,9,11H,4,8,10H2,1-3H3,(H,16,21). The fourth-order valence-electron chi connectivity index (χ4n) is 2.13. The van der Waals surface area contributed by atoms with Crippen LogP contribution in [-0.2, 0) is 18.4 Å². The van der Waals surface area contributed by atoms with Gasteiger partial charge in [-0.25, -0.2) is 0 Å². The van der Waals surface area contributed by atoms with Crippen LogP contribution in [0.5, 0.6) is 0 Å². The van der Waals surface area contributed by atoms with Gasteiger partial charge in [0, 0.05) is 49.9 Å². The van der Waals surface area contributed by atoms with E-state index >= 15 is 0 Å². The van der Waals surface area contributed by atoms with Crippen LogP contribution in [0.15, 0.2) is 24.5 Å². The predicted molar refractivity (Wildman–Crippen MR) is 81.6 cm³/mol. The van der Waals surface area contributed by atoms with Gasteiger partial charge >= 0.3 is 0 Å². The van der Waals surface area contributed by atoms with E-state index in [0.717, 1.165) is 29.9 Å². The van der Waals surface area contributed by atoms with Crippen molar-refractivity contribution in [1.82, 2.24) is 24.9 Å². The van der Waals surface area contributed by atoms with Crippen molar-refractivity contribution in [2.24, 2.45) is 7.05 Å². The van der Waals surface area contributed by atoms with Crippen molar-refractivity contribution < 1.29 is 4.79 Å². The lowest BCUT2D eigenvalue weighted by atomic mass is 10.2. The number of nitrogens with one attached hydrogen (secondary N) is 1. The van der Waals surface area contributed by atoms with Crippen molar-refractivity contribution in [2.45, 2.75) is 26.8 Å². The molecule has 0 radical (unpaired) electrons. The fourth-order valence-corrected chi connectivity index (χ4v) is 2.13. The molecule has 0 saturated carbocycles. The molecule has 6 nitrogen and oxygen atoms in total. The van der Waals surface area contributed by atoms with Gasteiger partial charge in [-0.05, 0) is 32.4 Å². The first-order valence-corrected chi connectivity index (χ1v) is 7.01. The highest BCUT2D eigenvalue weighted by molar-refractivity contribution is 5.91. The fraction of sp³-hybridized carbons (Fsp3) is 0.400. The normalized spacial score (nSPS) is 11.2. The van der Waals surface area contributed by atoms with Crippen molar-refractivity contribution >= 4 is 12.0 Å². The molecule has 2 aromatic heterocycles. The molecule has 0 aliphatic rings.